The van der Waals surface area contributed by atoms with Crippen molar-refractivity contribution in [3.05, 3.63) is 48.7 Å². The molecule has 0 heterocycles. The van der Waals surface area contributed by atoms with Crippen LogP contribution in [0.4, 0.5) is 0 Å². The first-order valence-corrected chi connectivity index (χ1v) is 4.66. The molecule has 0 bridgehead atoms. The highest BCUT2D eigenvalue weighted by atomic mass is 35.5. The van der Waals surface area contributed by atoms with Gasteiger partial charge in [-0.2, -0.15) is 0 Å². The van der Waals surface area contributed by atoms with Gasteiger partial charge in [-0.15, -0.1) is 12.4 Å². The standard InChI is InChI=1S/C12H17N.ClH/c1-4-13(11(2)3)10-12-8-6-5-7-9-12;/h4-9,11H,1,10H2,2-3H3;1H. The summed E-state index contributed by atoms with van der Waals surface area (Å²) in [4.78, 5) is 2.22. The molecule has 0 aliphatic carbocycles. The Hall–Kier alpha value is -0.950. The summed E-state index contributed by atoms with van der Waals surface area (Å²) in [5, 5.41) is 0. The van der Waals surface area contributed by atoms with Gasteiger partial charge in [0.25, 0.3) is 0 Å². The van der Waals surface area contributed by atoms with E-state index in [2.05, 4.69) is 49.6 Å². The van der Waals surface area contributed by atoms with Gasteiger partial charge < -0.3 is 4.90 Å². The summed E-state index contributed by atoms with van der Waals surface area (Å²) < 4.78 is 0. The second-order valence-corrected chi connectivity index (χ2v) is 3.43. The molecule has 0 atom stereocenters. The molecule has 14 heavy (non-hydrogen) atoms. The van der Waals surface area contributed by atoms with Gasteiger partial charge in [0.1, 0.15) is 0 Å². The molecule has 1 aromatic carbocycles. The summed E-state index contributed by atoms with van der Waals surface area (Å²) in [6, 6.07) is 11.0. The topological polar surface area (TPSA) is 3.24 Å². The van der Waals surface area contributed by atoms with E-state index in [-0.39, 0.29) is 12.4 Å². The summed E-state index contributed by atoms with van der Waals surface area (Å²) in [5.41, 5.74) is 1.33. The molecule has 1 aromatic rings. The van der Waals surface area contributed by atoms with E-state index in [1.165, 1.54) is 5.56 Å². The summed E-state index contributed by atoms with van der Waals surface area (Å²) >= 11 is 0. The predicted molar refractivity (Wildman–Crippen MR) is 64.6 cm³/mol. The maximum absolute atomic E-state index is 3.80. The Bertz CT molecular complexity index is 256. The van der Waals surface area contributed by atoms with Gasteiger partial charge in [-0.25, -0.2) is 0 Å². The lowest BCUT2D eigenvalue weighted by Crippen LogP contribution is -2.24. The largest absolute Gasteiger partial charge is 0.371 e. The molecule has 0 aliphatic rings. The van der Waals surface area contributed by atoms with Crippen LogP contribution in [0.1, 0.15) is 19.4 Å². The molecule has 0 unspecified atom stereocenters. The maximum atomic E-state index is 3.80. The lowest BCUT2D eigenvalue weighted by Gasteiger charge is -2.24. The predicted octanol–water partition coefficient (Wildman–Crippen LogP) is 3.46. The van der Waals surface area contributed by atoms with Crippen molar-refractivity contribution in [3.63, 3.8) is 0 Å². The zero-order chi connectivity index (χ0) is 9.68. The average molecular weight is 212 g/mol. The molecule has 0 saturated carbocycles. The summed E-state index contributed by atoms with van der Waals surface area (Å²) in [6.07, 6.45) is 1.90. The van der Waals surface area contributed by atoms with Crippen LogP contribution in [0.5, 0.6) is 0 Å². The van der Waals surface area contributed by atoms with Crippen molar-refractivity contribution in [2.24, 2.45) is 0 Å². The smallest absolute Gasteiger partial charge is 0.0426 e. The molecule has 0 N–H and O–H groups in total. The number of benzene rings is 1. The lowest BCUT2D eigenvalue weighted by atomic mass is 10.2. The number of halogens is 1. The Morgan fingerprint density at radius 2 is 1.86 bits per heavy atom. The number of hydrogen-bond acceptors (Lipinski definition) is 1. The van der Waals surface area contributed by atoms with Crippen molar-refractivity contribution >= 4 is 12.4 Å². The van der Waals surface area contributed by atoms with Crippen LogP contribution in [0.3, 0.4) is 0 Å². The third-order valence-electron chi connectivity index (χ3n) is 2.11. The fraction of sp³-hybridized carbons (Fsp3) is 0.333. The lowest BCUT2D eigenvalue weighted by molar-refractivity contribution is 0.304. The first-order chi connectivity index (χ1) is 6.24. The van der Waals surface area contributed by atoms with Crippen LogP contribution < -0.4 is 0 Å². The van der Waals surface area contributed by atoms with Crippen molar-refractivity contribution in [1.29, 1.82) is 0 Å². The van der Waals surface area contributed by atoms with Crippen LogP contribution in [-0.4, -0.2) is 10.9 Å². The minimum Gasteiger partial charge on any atom is -0.371 e. The molecule has 0 aliphatic heterocycles. The van der Waals surface area contributed by atoms with Gasteiger partial charge in [-0.3, -0.25) is 0 Å². The van der Waals surface area contributed by atoms with Crippen molar-refractivity contribution in [2.75, 3.05) is 0 Å². The van der Waals surface area contributed by atoms with Crippen LogP contribution in [0.25, 0.3) is 0 Å². The van der Waals surface area contributed by atoms with Crippen molar-refractivity contribution in [2.45, 2.75) is 26.4 Å². The zero-order valence-electron chi connectivity index (χ0n) is 8.81. The molecule has 1 rings (SSSR count). The maximum Gasteiger partial charge on any atom is 0.0426 e. The number of hydrogen-bond donors (Lipinski definition) is 0. The van der Waals surface area contributed by atoms with E-state index in [9.17, 15) is 0 Å². The number of nitrogens with zero attached hydrogens (tertiary/aromatic N) is 1. The van der Waals surface area contributed by atoms with E-state index in [0.29, 0.717) is 6.04 Å². The zero-order valence-corrected chi connectivity index (χ0v) is 9.63. The number of rotatable bonds is 4. The van der Waals surface area contributed by atoms with Gasteiger partial charge in [-0.05, 0) is 25.6 Å². The van der Waals surface area contributed by atoms with Crippen LogP contribution in [0, 0.1) is 0 Å². The average Bonchev–Trinajstić information content (AvgIpc) is 2.15. The summed E-state index contributed by atoms with van der Waals surface area (Å²) in [7, 11) is 0. The van der Waals surface area contributed by atoms with Crippen molar-refractivity contribution in [1.82, 2.24) is 4.90 Å². The van der Waals surface area contributed by atoms with Crippen molar-refractivity contribution in [3.8, 4) is 0 Å². The van der Waals surface area contributed by atoms with E-state index >= 15 is 0 Å². The van der Waals surface area contributed by atoms with E-state index < -0.39 is 0 Å². The minimum atomic E-state index is 0. The molecule has 0 radical (unpaired) electrons. The summed E-state index contributed by atoms with van der Waals surface area (Å²) in [6.45, 7) is 9.09. The van der Waals surface area contributed by atoms with Crippen LogP contribution in [0.15, 0.2) is 43.1 Å². The van der Waals surface area contributed by atoms with E-state index in [1.807, 2.05) is 12.3 Å². The van der Waals surface area contributed by atoms with Crippen LogP contribution in [-0.2, 0) is 6.54 Å². The van der Waals surface area contributed by atoms with Crippen LogP contribution >= 0.6 is 12.4 Å². The molecular weight excluding hydrogens is 194 g/mol. The molecule has 2 heteroatoms. The van der Waals surface area contributed by atoms with Gasteiger partial charge >= 0.3 is 0 Å². The first kappa shape index (κ1) is 13.1. The fourth-order valence-electron chi connectivity index (χ4n) is 1.25. The van der Waals surface area contributed by atoms with Gasteiger partial charge in [0.2, 0.25) is 0 Å². The molecule has 0 fully saturated rings. The van der Waals surface area contributed by atoms with E-state index in [0.717, 1.165) is 6.54 Å². The van der Waals surface area contributed by atoms with Gasteiger partial charge in [0, 0.05) is 12.6 Å². The monoisotopic (exact) mass is 211 g/mol. The highest BCUT2D eigenvalue weighted by Gasteiger charge is 2.03. The Morgan fingerprint density at radius 1 is 1.29 bits per heavy atom. The molecule has 78 valence electrons. The van der Waals surface area contributed by atoms with Gasteiger partial charge in [0.15, 0.2) is 0 Å². The Morgan fingerprint density at radius 3 is 2.29 bits per heavy atom. The molecule has 1 nitrogen and oxygen atoms in total. The normalized spacial score (nSPS) is 9.36. The highest BCUT2D eigenvalue weighted by molar-refractivity contribution is 5.85. The second-order valence-electron chi connectivity index (χ2n) is 3.43. The molecule has 0 amide bonds. The van der Waals surface area contributed by atoms with Crippen LogP contribution in [0.2, 0.25) is 0 Å². The Balaban J connectivity index is 0.00000169. The van der Waals surface area contributed by atoms with E-state index in [4.69, 9.17) is 0 Å². The third-order valence-corrected chi connectivity index (χ3v) is 2.11. The van der Waals surface area contributed by atoms with Gasteiger partial charge in [0.05, 0.1) is 0 Å². The quantitative estimate of drug-likeness (QED) is 0.738. The van der Waals surface area contributed by atoms with Gasteiger partial charge in [-0.1, -0.05) is 36.9 Å². The highest BCUT2D eigenvalue weighted by Crippen LogP contribution is 2.07. The molecule has 0 saturated heterocycles. The first-order valence-electron chi connectivity index (χ1n) is 4.66. The molecular formula is C12H18ClN. The second kappa shape index (κ2) is 6.50. The minimum absolute atomic E-state index is 0. The Kier molecular flexibility index (Phi) is 6.06. The molecule has 0 spiro atoms. The molecule has 0 aromatic heterocycles. The summed E-state index contributed by atoms with van der Waals surface area (Å²) in [5.74, 6) is 0. The fourth-order valence-corrected chi connectivity index (χ4v) is 1.25. The third kappa shape index (κ3) is 3.84. The SMILES string of the molecule is C=CN(Cc1ccccc1)C(C)C.Cl. The Labute approximate surface area is 92.8 Å². The van der Waals surface area contributed by atoms with E-state index in [1.54, 1.807) is 0 Å². The van der Waals surface area contributed by atoms with Crippen molar-refractivity contribution < 1.29 is 0 Å².